The van der Waals surface area contributed by atoms with Gasteiger partial charge in [-0.1, -0.05) is 65.3 Å². The molecule has 4 rings (SSSR count). The van der Waals surface area contributed by atoms with Gasteiger partial charge in [-0.15, -0.1) is 0 Å². The van der Waals surface area contributed by atoms with E-state index >= 15 is 0 Å². The zero-order chi connectivity index (χ0) is 24.9. The Kier molecular flexibility index (Phi) is 7.51. The molecule has 1 N–H and O–H groups in total. The van der Waals surface area contributed by atoms with Gasteiger partial charge in [0.05, 0.1) is 6.10 Å². The molecule has 3 fully saturated rings. The average molecular weight is 493 g/mol. The Balaban J connectivity index is 1.50. The van der Waals surface area contributed by atoms with Crippen LogP contribution in [0.15, 0.2) is 23.8 Å². The molecule has 4 nitrogen and oxygen atoms in total. The Bertz CT molecular complexity index is 905. The van der Waals surface area contributed by atoms with E-state index in [-0.39, 0.29) is 5.41 Å². The van der Waals surface area contributed by atoms with Gasteiger partial charge in [0.1, 0.15) is 0 Å². The lowest BCUT2D eigenvalue weighted by Gasteiger charge is -2.58. The summed E-state index contributed by atoms with van der Waals surface area (Å²) in [5.41, 5.74) is 1.96. The van der Waals surface area contributed by atoms with E-state index in [1.54, 1.807) is 0 Å². The van der Waals surface area contributed by atoms with Crippen LogP contribution < -0.4 is 0 Å². The fourth-order valence-electron chi connectivity index (χ4n) is 9.07. The monoisotopic (exact) mass is 492 g/mol. The van der Waals surface area contributed by atoms with Crippen LogP contribution in [0.25, 0.3) is 0 Å². The minimum absolute atomic E-state index is 0.151. The Labute approximate surface area is 209 Å². The topological polar surface area (TPSA) is 63.6 Å². The first-order valence-electron chi connectivity index (χ1n) is 13.9. The molecule has 0 radical (unpaired) electrons. The first-order valence-corrected chi connectivity index (χ1v) is 15.3. The summed E-state index contributed by atoms with van der Waals surface area (Å²) >= 11 is 0. The standard InChI is InChI=1S/C29H48O4S/c1-7-21(19(2)3)9-8-20(4)25-12-13-26-24-11-10-22-18-23(33-34(30,31)32)14-16-28(22,5)27(24)15-17-29(25,26)6/h8-10,19-21,23-27H,7,11-18H2,1-6H3,(H,30,31,32)/b9-8+. The molecule has 0 spiro atoms. The second-order valence-corrected chi connectivity index (χ2v) is 14.0. The van der Waals surface area contributed by atoms with Crippen LogP contribution in [0.3, 0.4) is 0 Å². The van der Waals surface area contributed by atoms with Crippen LogP contribution >= 0.6 is 0 Å². The van der Waals surface area contributed by atoms with E-state index in [9.17, 15) is 8.42 Å². The Hall–Kier alpha value is -0.650. The third kappa shape index (κ3) is 4.83. The second-order valence-electron chi connectivity index (χ2n) is 12.9. The molecule has 0 bridgehead atoms. The van der Waals surface area contributed by atoms with Crippen LogP contribution in [-0.2, 0) is 14.6 Å². The number of hydrogen-bond donors (Lipinski definition) is 1. The van der Waals surface area contributed by atoms with Crippen LogP contribution in [0.4, 0.5) is 0 Å². The molecule has 0 heterocycles. The number of hydrogen-bond acceptors (Lipinski definition) is 3. The fraction of sp³-hybridized carbons (Fsp3) is 0.862. The summed E-state index contributed by atoms with van der Waals surface area (Å²) in [7, 11) is -4.39. The van der Waals surface area contributed by atoms with Crippen molar-refractivity contribution >= 4 is 10.4 Å². The van der Waals surface area contributed by atoms with Crippen molar-refractivity contribution in [1.82, 2.24) is 0 Å². The minimum Gasteiger partial charge on any atom is -0.264 e. The van der Waals surface area contributed by atoms with Crippen molar-refractivity contribution in [3.05, 3.63) is 23.8 Å². The lowest BCUT2D eigenvalue weighted by Crippen LogP contribution is -2.51. The summed E-state index contributed by atoms with van der Waals surface area (Å²) in [4.78, 5) is 0. The van der Waals surface area contributed by atoms with Crippen molar-refractivity contribution in [2.24, 2.45) is 52.3 Å². The highest BCUT2D eigenvalue weighted by Gasteiger charge is 2.59. The largest absolute Gasteiger partial charge is 0.397 e. The molecule has 9 atom stereocenters. The van der Waals surface area contributed by atoms with Crippen molar-refractivity contribution in [3.63, 3.8) is 0 Å². The SMILES string of the molecule is CCC(/C=C/C(C)C1CCC2C3CC=C4CC(OS(=O)(=O)O)CCC4(C)C3CCC12C)C(C)C. The van der Waals surface area contributed by atoms with E-state index in [4.69, 9.17) is 8.74 Å². The summed E-state index contributed by atoms with van der Waals surface area (Å²) in [6.07, 6.45) is 17.0. The quantitative estimate of drug-likeness (QED) is 0.293. The molecule has 0 aromatic rings. The fourth-order valence-corrected chi connectivity index (χ4v) is 9.58. The van der Waals surface area contributed by atoms with Gasteiger partial charge in [0.2, 0.25) is 0 Å². The predicted molar refractivity (Wildman–Crippen MR) is 139 cm³/mol. The van der Waals surface area contributed by atoms with Gasteiger partial charge in [0.25, 0.3) is 0 Å². The lowest BCUT2D eigenvalue weighted by atomic mass is 9.47. The number of allylic oxidation sites excluding steroid dienone is 3. The van der Waals surface area contributed by atoms with Crippen LogP contribution in [-0.4, -0.2) is 19.1 Å². The molecular weight excluding hydrogens is 444 g/mol. The van der Waals surface area contributed by atoms with Crippen molar-refractivity contribution in [2.75, 3.05) is 0 Å². The minimum atomic E-state index is -4.39. The molecule has 0 aromatic carbocycles. The van der Waals surface area contributed by atoms with Crippen molar-refractivity contribution in [1.29, 1.82) is 0 Å². The lowest BCUT2D eigenvalue weighted by molar-refractivity contribution is -0.0527. The smallest absolute Gasteiger partial charge is 0.264 e. The van der Waals surface area contributed by atoms with E-state index < -0.39 is 16.5 Å². The maximum atomic E-state index is 11.3. The van der Waals surface area contributed by atoms with Crippen molar-refractivity contribution in [3.8, 4) is 0 Å². The zero-order valence-corrected chi connectivity index (χ0v) is 23.1. The first-order chi connectivity index (χ1) is 15.9. The third-order valence-electron chi connectivity index (χ3n) is 11.0. The van der Waals surface area contributed by atoms with E-state index in [2.05, 4.69) is 59.8 Å². The van der Waals surface area contributed by atoms with Gasteiger partial charge in [-0.2, -0.15) is 8.42 Å². The Morgan fingerprint density at radius 1 is 1.09 bits per heavy atom. The molecule has 34 heavy (non-hydrogen) atoms. The normalized spacial score (nSPS) is 42.1. The summed E-state index contributed by atoms with van der Waals surface area (Å²) in [5, 5.41) is 0. The molecule has 5 heteroatoms. The van der Waals surface area contributed by atoms with Crippen molar-refractivity contribution in [2.45, 2.75) is 105 Å². The Morgan fingerprint density at radius 3 is 2.47 bits per heavy atom. The molecule has 9 unspecified atom stereocenters. The highest BCUT2D eigenvalue weighted by Crippen LogP contribution is 2.67. The van der Waals surface area contributed by atoms with Gasteiger partial charge in [-0.05, 0) is 110 Å². The van der Waals surface area contributed by atoms with E-state index in [1.807, 2.05) is 0 Å². The van der Waals surface area contributed by atoms with Crippen LogP contribution in [0.1, 0.15) is 99.3 Å². The first kappa shape index (κ1) is 26.4. The van der Waals surface area contributed by atoms with Crippen LogP contribution in [0.2, 0.25) is 0 Å². The molecule has 4 aliphatic carbocycles. The van der Waals surface area contributed by atoms with Crippen LogP contribution in [0.5, 0.6) is 0 Å². The van der Waals surface area contributed by atoms with Gasteiger partial charge in [-0.25, -0.2) is 4.18 Å². The maximum Gasteiger partial charge on any atom is 0.397 e. The summed E-state index contributed by atoms with van der Waals surface area (Å²) < 4.78 is 36.6. The van der Waals surface area contributed by atoms with Crippen molar-refractivity contribution < 1.29 is 17.2 Å². The van der Waals surface area contributed by atoms with Gasteiger partial charge in [0.15, 0.2) is 0 Å². The molecule has 0 aromatic heterocycles. The molecule has 3 saturated carbocycles. The highest BCUT2D eigenvalue weighted by atomic mass is 32.3. The summed E-state index contributed by atoms with van der Waals surface area (Å²) in [6, 6.07) is 0. The molecule has 194 valence electrons. The summed E-state index contributed by atoms with van der Waals surface area (Å²) in [6.45, 7) is 14.5. The van der Waals surface area contributed by atoms with Gasteiger partial charge in [0, 0.05) is 0 Å². The molecular formula is C29H48O4S. The number of rotatable bonds is 7. The molecule has 0 aliphatic heterocycles. The number of fused-ring (bicyclic) bond motifs is 5. The zero-order valence-electron chi connectivity index (χ0n) is 22.3. The van der Waals surface area contributed by atoms with E-state index in [0.29, 0.717) is 41.9 Å². The predicted octanol–water partition coefficient (Wildman–Crippen LogP) is 7.63. The molecule has 0 amide bonds. The van der Waals surface area contributed by atoms with Crippen LogP contribution in [0, 0.1) is 52.3 Å². The third-order valence-corrected chi connectivity index (χ3v) is 11.5. The maximum absolute atomic E-state index is 11.3. The second kappa shape index (κ2) is 9.67. The highest BCUT2D eigenvalue weighted by molar-refractivity contribution is 7.80. The molecule has 4 aliphatic rings. The Morgan fingerprint density at radius 2 is 1.82 bits per heavy atom. The van der Waals surface area contributed by atoms with Gasteiger partial charge in [-0.3, -0.25) is 4.55 Å². The summed E-state index contributed by atoms with van der Waals surface area (Å²) in [5.74, 6) is 5.02. The van der Waals surface area contributed by atoms with Gasteiger partial charge < -0.3 is 0 Å². The average Bonchev–Trinajstić information content (AvgIpc) is 3.10. The van der Waals surface area contributed by atoms with E-state index in [0.717, 1.165) is 30.6 Å². The molecule has 0 saturated heterocycles. The van der Waals surface area contributed by atoms with Gasteiger partial charge >= 0.3 is 10.4 Å². The van der Waals surface area contributed by atoms with E-state index in [1.165, 1.54) is 37.7 Å².